The van der Waals surface area contributed by atoms with Gasteiger partial charge in [-0.15, -0.1) is 0 Å². The number of carbonyl (C=O) groups is 1. The highest BCUT2D eigenvalue weighted by Crippen LogP contribution is 2.24. The Morgan fingerprint density at radius 2 is 2.10 bits per heavy atom. The highest BCUT2D eigenvalue weighted by molar-refractivity contribution is 6.34. The van der Waals surface area contributed by atoms with E-state index in [-0.39, 0.29) is 5.91 Å². The van der Waals surface area contributed by atoms with Gasteiger partial charge in [-0.25, -0.2) is 0 Å². The number of benzene rings is 1. The van der Waals surface area contributed by atoms with E-state index in [4.69, 9.17) is 17.3 Å². The Balaban J connectivity index is 2.30. The van der Waals surface area contributed by atoms with Gasteiger partial charge in [-0.3, -0.25) is 4.79 Å². The van der Waals surface area contributed by atoms with Crippen LogP contribution in [0.15, 0.2) is 24.3 Å². The summed E-state index contributed by atoms with van der Waals surface area (Å²) in [6.45, 7) is 3.71. The number of hydrogen-bond donors (Lipinski definition) is 2. The number of nitrogens with two attached hydrogens (primary N) is 1. The van der Waals surface area contributed by atoms with Crippen molar-refractivity contribution < 1.29 is 4.79 Å². The molecule has 0 saturated carbocycles. The molecule has 1 aromatic heterocycles. The van der Waals surface area contributed by atoms with Crippen LogP contribution in [0.1, 0.15) is 28.7 Å². The van der Waals surface area contributed by atoms with Crippen molar-refractivity contribution in [3.63, 3.8) is 0 Å². The van der Waals surface area contributed by atoms with Gasteiger partial charge in [0.1, 0.15) is 0 Å². The third-order valence-corrected chi connectivity index (χ3v) is 3.13. The predicted octanol–water partition coefficient (Wildman–Crippen LogP) is 2.84. The van der Waals surface area contributed by atoms with Crippen LogP contribution in [0.2, 0.25) is 5.02 Å². The average Bonchev–Trinajstić information content (AvgIpc) is 2.41. The van der Waals surface area contributed by atoms with Crippen LogP contribution in [-0.4, -0.2) is 16.1 Å². The normalized spacial score (nSPS) is 10.3. The third-order valence-electron chi connectivity index (χ3n) is 2.81. The molecule has 2 aromatic rings. The fourth-order valence-electron chi connectivity index (χ4n) is 1.79. The van der Waals surface area contributed by atoms with Gasteiger partial charge in [-0.05, 0) is 37.6 Å². The van der Waals surface area contributed by atoms with Crippen molar-refractivity contribution in [1.82, 2.24) is 10.2 Å². The molecule has 1 amide bonds. The summed E-state index contributed by atoms with van der Waals surface area (Å²) in [5.41, 5.74) is 8.53. The Morgan fingerprint density at radius 1 is 1.35 bits per heavy atom. The molecular weight excluding hydrogens is 276 g/mol. The molecule has 0 aliphatic carbocycles. The SMILES string of the molecule is CCc1nnc(C)cc1C(=O)Nc1ccc(N)cc1Cl. The highest BCUT2D eigenvalue weighted by atomic mass is 35.5. The number of nitrogen functional groups attached to an aromatic ring is 1. The zero-order chi connectivity index (χ0) is 14.7. The molecule has 1 heterocycles. The molecule has 0 saturated heterocycles. The lowest BCUT2D eigenvalue weighted by atomic mass is 10.1. The van der Waals surface area contributed by atoms with Gasteiger partial charge in [-0.1, -0.05) is 18.5 Å². The monoisotopic (exact) mass is 290 g/mol. The van der Waals surface area contributed by atoms with Gasteiger partial charge >= 0.3 is 0 Å². The van der Waals surface area contributed by atoms with Crippen molar-refractivity contribution in [2.45, 2.75) is 20.3 Å². The molecule has 6 heteroatoms. The van der Waals surface area contributed by atoms with Gasteiger partial charge in [0, 0.05) is 5.69 Å². The van der Waals surface area contributed by atoms with E-state index in [1.807, 2.05) is 6.92 Å². The van der Waals surface area contributed by atoms with Crippen LogP contribution in [0, 0.1) is 6.92 Å². The molecule has 20 heavy (non-hydrogen) atoms. The number of amides is 1. The van der Waals surface area contributed by atoms with Gasteiger partial charge < -0.3 is 11.1 Å². The molecular formula is C14H15ClN4O. The third kappa shape index (κ3) is 3.05. The Labute approximate surface area is 122 Å². The fourth-order valence-corrected chi connectivity index (χ4v) is 2.03. The minimum absolute atomic E-state index is 0.258. The molecule has 0 fully saturated rings. The maximum absolute atomic E-state index is 12.3. The van der Waals surface area contributed by atoms with Crippen LogP contribution in [0.4, 0.5) is 11.4 Å². The maximum Gasteiger partial charge on any atom is 0.257 e. The van der Waals surface area contributed by atoms with Crippen molar-refractivity contribution >= 4 is 28.9 Å². The predicted molar refractivity (Wildman–Crippen MR) is 80.0 cm³/mol. The number of anilines is 2. The van der Waals surface area contributed by atoms with Crippen molar-refractivity contribution in [2.75, 3.05) is 11.1 Å². The van der Waals surface area contributed by atoms with E-state index < -0.39 is 0 Å². The number of hydrogen-bond acceptors (Lipinski definition) is 4. The minimum Gasteiger partial charge on any atom is -0.399 e. The largest absolute Gasteiger partial charge is 0.399 e. The highest BCUT2D eigenvalue weighted by Gasteiger charge is 2.14. The topological polar surface area (TPSA) is 80.9 Å². The lowest BCUT2D eigenvalue weighted by Gasteiger charge is -2.10. The van der Waals surface area contributed by atoms with E-state index >= 15 is 0 Å². The summed E-state index contributed by atoms with van der Waals surface area (Å²) in [4.78, 5) is 12.3. The van der Waals surface area contributed by atoms with Crippen LogP contribution in [0.25, 0.3) is 0 Å². The zero-order valence-corrected chi connectivity index (χ0v) is 12.0. The van der Waals surface area contributed by atoms with E-state index in [1.165, 1.54) is 0 Å². The molecule has 3 N–H and O–H groups in total. The first-order chi connectivity index (χ1) is 9.51. The smallest absolute Gasteiger partial charge is 0.257 e. The second-order valence-electron chi connectivity index (χ2n) is 4.39. The molecule has 1 aromatic carbocycles. The molecule has 5 nitrogen and oxygen atoms in total. The van der Waals surface area contributed by atoms with Crippen LogP contribution >= 0.6 is 11.6 Å². The Bertz CT molecular complexity index is 658. The summed E-state index contributed by atoms with van der Waals surface area (Å²) in [6.07, 6.45) is 0.630. The molecule has 2 rings (SSSR count). The number of halogens is 1. The maximum atomic E-state index is 12.3. The zero-order valence-electron chi connectivity index (χ0n) is 11.3. The van der Waals surface area contributed by atoms with Crippen LogP contribution in [0.3, 0.4) is 0 Å². The van der Waals surface area contributed by atoms with Crippen LogP contribution in [-0.2, 0) is 6.42 Å². The first-order valence-corrected chi connectivity index (χ1v) is 6.58. The second kappa shape index (κ2) is 5.88. The summed E-state index contributed by atoms with van der Waals surface area (Å²) in [7, 11) is 0. The summed E-state index contributed by atoms with van der Waals surface area (Å²) in [6, 6.07) is 6.65. The van der Waals surface area contributed by atoms with E-state index in [0.717, 1.165) is 0 Å². The van der Waals surface area contributed by atoms with Crippen molar-refractivity contribution in [3.8, 4) is 0 Å². The molecule has 0 radical (unpaired) electrons. The number of nitrogens with one attached hydrogen (secondary N) is 1. The molecule has 0 spiro atoms. The number of carbonyl (C=O) groups excluding carboxylic acids is 1. The first-order valence-electron chi connectivity index (χ1n) is 6.21. The molecule has 0 bridgehead atoms. The quantitative estimate of drug-likeness (QED) is 0.852. The van der Waals surface area contributed by atoms with Crippen molar-refractivity contribution in [1.29, 1.82) is 0 Å². The Morgan fingerprint density at radius 3 is 2.75 bits per heavy atom. The molecule has 0 aliphatic heterocycles. The second-order valence-corrected chi connectivity index (χ2v) is 4.80. The van der Waals surface area contributed by atoms with E-state index in [9.17, 15) is 4.79 Å². The van der Waals surface area contributed by atoms with Gasteiger partial charge in [0.15, 0.2) is 0 Å². The average molecular weight is 291 g/mol. The summed E-state index contributed by atoms with van der Waals surface area (Å²) in [5.74, 6) is -0.258. The van der Waals surface area contributed by atoms with Crippen LogP contribution in [0.5, 0.6) is 0 Å². The number of nitrogens with zero attached hydrogens (tertiary/aromatic N) is 2. The number of rotatable bonds is 3. The minimum atomic E-state index is -0.258. The molecule has 0 atom stereocenters. The molecule has 0 unspecified atom stereocenters. The lowest BCUT2D eigenvalue weighted by molar-refractivity contribution is 0.102. The summed E-state index contributed by atoms with van der Waals surface area (Å²) < 4.78 is 0. The van der Waals surface area contributed by atoms with Crippen molar-refractivity contribution in [2.24, 2.45) is 0 Å². The van der Waals surface area contributed by atoms with Gasteiger partial charge in [-0.2, -0.15) is 10.2 Å². The lowest BCUT2D eigenvalue weighted by Crippen LogP contribution is -2.16. The Hall–Kier alpha value is -2.14. The van der Waals surface area contributed by atoms with Gasteiger partial charge in [0.25, 0.3) is 5.91 Å². The van der Waals surface area contributed by atoms with Crippen molar-refractivity contribution in [3.05, 3.63) is 46.2 Å². The van der Waals surface area contributed by atoms with E-state index in [2.05, 4.69) is 15.5 Å². The van der Waals surface area contributed by atoms with Gasteiger partial charge in [0.05, 0.1) is 27.7 Å². The first kappa shape index (κ1) is 14.3. The number of aromatic nitrogens is 2. The summed E-state index contributed by atoms with van der Waals surface area (Å²) >= 11 is 6.04. The van der Waals surface area contributed by atoms with E-state index in [0.29, 0.717) is 39.8 Å². The van der Waals surface area contributed by atoms with Gasteiger partial charge in [0.2, 0.25) is 0 Å². The summed E-state index contributed by atoms with van der Waals surface area (Å²) in [5, 5.41) is 11.1. The molecule has 104 valence electrons. The van der Waals surface area contributed by atoms with Crippen LogP contribution < -0.4 is 11.1 Å². The fraction of sp³-hybridized carbons (Fsp3) is 0.214. The standard InChI is InChI=1S/C14H15ClN4O/c1-3-12-10(6-8(2)18-19-12)14(20)17-13-5-4-9(16)7-11(13)15/h4-7H,3,16H2,1-2H3,(H,17,20). The van der Waals surface area contributed by atoms with E-state index in [1.54, 1.807) is 31.2 Å². The molecule has 0 aliphatic rings. The Kier molecular flexibility index (Phi) is 4.20. The number of aryl methyl sites for hydroxylation is 2.